The fourth-order valence-electron chi connectivity index (χ4n) is 1.60. The number of halogens is 1. The molecule has 0 aliphatic carbocycles. The van der Waals surface area contributed by atoms with Gasteiger partial charge in [0.15, 0.2) is 0 Å². The second kappa shape index (κ2) is 4.84. The van der Waals surface area contributed by atoms with E-state index in [0.717, 1.165) is 0 Å². The Balaban J connectivity index is 2.47. The summed E-state index contributed by atoms with van der Waals surface area (Å²) in [4.78, 5) is 17.9. The van der Waals surface area contributed by atoms with Crippen LogP contribution in [0.3, 0.4) is 0 Å². The Morgan fingerprint density at radius 3 is 2.79 bits per heavy atom. The van der Waals surface area contributed by atoms with Gasteiger partial charge in [-0.05, 0) is 25.1 Å². The summed E-state index contributed by atoms with van der Waals surface area (Å²) >= 11 is 0. The molecule has 3 N–H and O–H groups in total. The average Bonchev–Trinajstić information content (AvgIpc) is 2.26. The predicted molar refractivity (Wildman–Crippen MR) is 67.5 cm³/mol. The number of hydrogen-bond acceptors (Lipinski definition) is 6. The summed E-state index contributed by atoms with van der Waals surface area (Å²) in [6, 6.07) is 5.48. The zero-order valence-electron chi connectivity index (χ0n) is 9.92. The second-order valence-electron chi connectivity index (χ2n) is 3.76. The van der Waals surface area contributed by atoms with Gasteiger partial charge in [-0.25, -0.2) is 9.37 Å². The molecule has 0 saturated carbocycles. The molecule has 0 aliphatic heterocycles. The van der Waals surface area contributed by atoms with Crippen molar-refractivity contribution in [3.8, 4) is 0 Å². The molecule has 7 nitrogen and oxygen atoms in total. The summed E-state index contributed by atoms with van der Waals surface area (Å²) in [5.41, 5.74) is 5.63. The van der Waals surface area contributed by atoms with Crippen molar-refractivity contribution in [2.75, 3.05) is 11.1 Å². The Labute approximate surface area is 107 Å². The smallest absolute Gasteiger partial charge is 0.332 e. The van der Waals surface area contributed by atoms with Gasteiger partial charge >= 0.3 is 5.69 Å². The first-order valence-electron chi connectivity index (χ1n) is 5.28. The standard InChI is InChI=1S/C11H10FN5O2/c1-6-9(17(18)19)10(16-11(13)14-6)15-8-4-2-3-7(12)5-8/h2-5H,1H3,(H3,13,14,15,16). The Kier molecular flexibility index (Phi) is 3.23. The lowest BCUT2D eigenvalue weighted by Gasteiger charge is -2.08. The molecule has 2 rings (SSSR count). The lowest BCUT2D eigenvalue weighted by molar-refractivity contribution is -0.385. The Morgan fingerprint density at radius 1 is 1.42 bits per heavy atom. The van der Waals surface area contributed by atoms with E-state index in [-0.39, 0.29) is 23.1 Å². The highest BCUT2D eigenvalue weighted by atomic mass is 19.1. The summed E-state index contributed by atoms with van der Waals surface area (Å²) in [6.45, 7) is 1.45. The lowest BCUT2D eigenvalue weighted by atomic mass is 10.3. The number of benzene rings is 1. The molecule has 0 fully saturated rings. The van der Waals surface area contributed by atoms with Crippen LogP contribution in [0, 0.1) is 22.9 Å². The number of nitrogen functional groups attached to an aromatic ring is 1. The Morgan fingerprint density at radius 2 is 2.16 bits per heavy atom. The topological polar surface area (TPSA) is 107 Å². The first-order valence-corrected chi connectivity index (χ1v) is 5.28. The monoisotopic (exact) mass is 263 g/mol. The minimum atomic E-state index is -0.615. The van der Waals surface area contributed by atoms with Crippen LogP contribution in [0.15, 0.2) is 24.3 Å². The number of nitrogens with two attached hydrogens (primary N) is 1. The van der Waals surface area contributed by atoms with Crippen LogP contribution in [-0.2, 0) is 0 Å². The fraction of sp³-hybridized carbons (Fsp3) is 0.0909. The molecule has 8 heteroatoms. The van der Waals surface area contributed by atoms with Crippen LogP contribution in [-0.4, -0.2) is 14.9 Å². The van der Waals surface area contributed by atoms with Gasteiger partial charge in [0.05, 0.1) is 4.92 Å². The summed E-state index contributed by atoms with van der Waals surface area (Å²) in [6.07, 6.45) is 0. The third kappa shape index (κ3) is 2.73. The van der Waals surface area contributed by atoms with Gasteiger partial charge in [0.1, 0.15) is 11.5 Å². The summed E-state index contributed by atoms with van der Waals surface area (Å²) in [5.74, 6) is -0.631. The number of hydrogen-bond donors (Lipinski definition) is 2. The van der Waals surface area contributed by atoms with Crippen LogP contribution in [0.5, 0.6) is 0 Å². The van der Waals surface area contributed by atoms with Gasteiger partial charge in [0.25, 0.3) is 0 Å². The minimum Gasteiger partial charge on any atom is -0.368 e. The molecule has 98 valence electrons. The van der Waals surface area contributed by atoms with E-state index in [4.69, 9.17) is 5.73 Å². The van der Waals surface area contributed by atoms with E-state index in [9.17, 15) is 14.5 Å². The normalized spacial score (nSPS) is 10.2. The molecule has 0 radical (unpaired) electrons. The summed E-state index contributed by atoms with van der Waals surface area (Å²) in [5, 5.41) is 13.6. The van der Waals surface area contributed by atoms with Gasteiger partial charge in [0.2, 0.25) is 11.8 Å². The van der Waals surface area contributed by atoms with Gasteiger partial charge in [-0.2, -0.15) is 4.98 Å². The van der Waals surface area contributed by atoms with E-state index in [1.54, 1.807) is 6.07 Å². The maximum atomic E-state index is 13.1. The number of nitrogens with zero attached hydrogens (tertiary/aromatic N) is 3. The van der Waals surface area contributed by atoms with Crippen LogP contribution in [0.25, 0.3) is 0 Å². The molecule has 1 heterocycles. The van der Waals surface area contributed by atoms with Crippen molar-refractivity contribution >= 4 is 23.1 Å². The molecular weight excluding hydrogens is 253 g/mol. The minimum absolute atomic E-state index is 0.0689. The van der Waals surface area contributed by atoms with E-state index in [2.05, 4.69) is 15.3 Å². The van der Waals surface area contributed by atoms with E-state index >= 15 is 0 Å². The summed E-state index contributed by atoms with van der Waals surface area (Å²) < 4.78 is 13.1. The van der Waals surface area contributed by atoms with Gasteiger partial charge < -0.3 is 11.1 Å². The van der Waals surface area contributed by atoms with Gasteiger partial charge in [-0.15, -0.1) is 0 Å². The predicted octanol–water partition coefficient (Wildman–Crippen LogP) is 2.16. The molecule has 1 aromatic carbocycles. The molecule has 0 bridgehead atoms. The van der Waals surface area contributed by atoms with Crippen molar-refractivity contribution in [2.45, 2.75) is 6.92 Å². The van der Waals surface area contributed by atoms with Crippen molar-refractivity contribution in [1.82, 2.24) is 9.97 Å². The van der Waals surface area contributed by atoms with E-state index in [1.807, 2.05) is 0 Å². The number of nitro groups is 1. The van der Waals surface area contributed by atoms with Gasteiger partial charge in [0, 0.05) is 5.69 Å². The SMILES string of the molecule is Cc1nc(N)nc(Nc2cccc(F)c2)c1[N+](=O)[O-]. The third-order valence-electron chi connectivity index (χ3n) is 2.35. The average molecular weight is 263 g/mol. The van der Waals surface area contributed by atoms with Crippen LogP contribution in [0.4, 0.5) is 27.5 Å². The highest BCUT2D eigenvalue weighted by Crippen LogP contribution is 2.28. The highest BCUT2D eigenvalue weighted by Gasteiger charge is 2.21. The molecule has 0 saturated heterocycles. The van der Waals surface area contributed by atoms with E-state index in [0.29, 0.717) is 5.69 Å². The highest BCUT2D eigenvalue weighted by molar-refractivity contribution is 5.67. The van der Waals surface area contributed by atoms with Crippen LogP contribution < -0.4 is 11.1 Å². The number of aryl methyl sites for hydroxylation is 1. The van der Waals surface area contributed by atoms with Crippen molar-refractivity contribution in [3.05, 3.63) is 45.9 Å². The van der Waals surface area contributed by atoms with Crippen LogP contribution in [0.2, 0.25) is 0 Å². The van der Waals surface area contributed by atoms with Crippen molar-refractivity contribution < 1.29 is 9.31 Å². The molecule has 0 amide bonds. The number of anilines is 3. The van der Waals surface area contributed by atoms with Gasteiger partial charge in [-0.3, -0.25) is 10.1 Å². The second-order valence-corrected chi connectivity index (χ2v) is 3.76. The number of nitrogens with one attached hydrogen (secondary N) is 1. The molecular formula is C11H10FN5O2. The van der Waals surface area contributed by atoms with Crippen molar-refractivity contribution in [1.29, 1.82) is 0 Å². The molecule has 0 aliphatic rings. The Hall–Kier alpha value is -2.77. The fourth-order valence-corrected chi connectivity index (χ4v) is 1.60. The Bertz CT molecular complexity index is 647. The largest absolute Gasteiger partial charge is 0.368 e. The molecule has 2 aromatic rings. The van der Waals surface area contributed by atoms with E-state index < -0.39 is 10.7 Å². The maximum absolute atomic E-state index is 13.1. The van der Waals surface area contributed by atoms with Crippen LogP contribution >= 0.6 is 0 Å². The molecule has 0 atom stereocenters. The maximum Gasteiger partial charge on any atom is 0.332 e. The van der Waals surface area contributed by atoms with Crippen molar-refractivity contribution in [3.63, 3.8) is 0 Å². The zero-order chi connectivity index (χ0) is 14.0. The first kappa shape index (κ1) is 12.7. The number of aromatic nitrogens is 2. The lowest BCUT2D eigenvalue weighted by Crippen LogP contribution is -2.07. The molecule has 19 heavy (non-hydrogen) atoms. The van der Waals surface area contributed by atoms with E-state index in [1.165, 1.54) is 25.1 Å². The zero-order valence-corrected chi connectivity index (χ0v) is 9.92. The van der Waals surface area contributed by atoms with Crippen molar-refractivity contribution in [2.24, 2.45) is 0 Å². The molecule has 0 spiro atoms. The molecule has 0 unspecified atom stereocenters. The van der Waals surface area contributed by atoms with Gasteiger partial charge in [-0.1, -0.05) is 6.07 Å². The summed E-state index contributed by atoms with van der Waals surface area (Å²) in [7, 11) is 0. The quantitative estimate of drug-likeness (QED) is 0.649. The third-order valence-corrected chi connectivity index (χ3v) is 2.35. The number of rotatable bonds is 3. The first-order chi connectivity index (χ1) is 8.97. The van der Waals surface area contributed by atoms with Crippen LogP contribution in [0.1, 0.15) is 5.69 Å². The molecule has 1 aromatic heterocycles.